The lowest BCUT2D eigenvalue weighted by Crippen LogP contribution is -2.36. The van der Waals surface area contributed by atoms with Crippen molar-refractivity contribution in [3.63, 3.8) is 0 Å². The van der Waals surface area contributed by atoms with Crippen molar-refractivity contribution in [1.29, 1.82) is 0 Å². The fourth-order valence-corrected chi connectivity index (χ4v) is 6.33. The van der Waals surface area contributed by atoms with Crippen LogP contribution in [0.2, 0.25) is 0 Å². The minimum Gasteiger partial charge on any atom is -0.353 e. The second-order valence-electron chi connectivity index (χ2n) is 12.4. The average molecular weight is 603 g/mol. The number of hydrogen-bond acceptors (Lipinski definition) is 4. The first kappa shape index (κ1) is 33.2. The van der Waals surface area contributed by atoms with Crippen molar-refractivity contribution in [3.8, 4) is 0 Å². The normalized spacial score (nSPS) is 15.7. The monoisotopic (exact) mass is 602 g/mol. The van der Waals surface area contributed by atoms with E-state index < -0.39 is 0 Å². The van der Waals surface area contributed by atoms with Gasteiger partial charge in [0.1, 0.15) is 0 Å². The lowest BCUT2D eigenvalue weighted by atomic mass is 9.95. The van der Waals surface area contributed by atoms with E-state index in [0.717, 1.165) is 48.2 Å². The second-order valence-corrected chi connectivity index (χ2v) is 12.4. The topological polar surface area (TPSA) is 116 Å². The highest BCUT2D eigenvalue weighted by atomic mass is 16.2. The minimum atomic E-state index is -0.0944. The number of benzene rings is 2. The molecule has 0 heterocycles. The van der Waals surface area contributed by atoms with Gasteiger partial charge in [0.05, 0.1) is 0 Å². The van der Waals surface area contributed by atoms with Crippen LogP contribution in [0.25, 0.3) is 0 Å². The Kier molecular flexibility index (Phi) is 13.7. The van der Waals surface area contributed by atoms with Crippen LogP contribution in [0.5, 0.6) is 0 Å². The van der Waals surface area contributed by atoms with Crippen LogP contribution in [0, 0.1) is 0 Å². The fourth-order valence-electron chi connectivity index (χ4n) is 6.33. The van der Waals surface area contributed by atoms with Gasteiger partial charge in [-0.2, -0.15) is 0 Å². The minimum absolute atomic E-state index is 0.0380. The van der Waals surface area contributed by atoms with Gasteiger partial charge in [-0.15, -0.1) is 0 Å². The largest absolute Gasteiger partial charge is 0.353 e. The summed E-state index contributed by atoms with van der Waals surface area (Å²) in [5.41, 5.74) is 3.58. The molecule has 4 rings (SSSR count). The maximum absolute atomic E-state index is 12.7. The van der Waals surface area contributed by atoms with E-state index in [-0.39, 0.29) is 23.6 Å². The molecule has 2 aromatic carbocycles. The van der Waals surface area contributed by atoms with Crippen molar-refractivity contribution < 1.29 is 19.2 Å². The van der Waals surface area contributed by atoms with Crippen molar-refractivity contribution in [2.24, 2.45) is 0 Å². The van der Waals surface area contributed by atoms with Crippen molar-refractivity contribution in [1.82, 2.24) is 10.6 Å². The zero-order valence-electron chi connectivity index (χ0n) is 26.1. The van der Waals surface area contributed by atoms with Gasteiger partial charge in [-0.3, -0.25) is 19.2 Å². The van der Waals surface area contributed by atoms with E-state index in [1.807, 2.05) is 48.5 Å². The standard InChI is InChI=1S/C36H50N4O4/c41-33(37-29-15-3-1-4-16-29)21-11-23-35(43)39-31-19-9-7-13-27(31)25-26-28-14-8-10-20-32(28)40-36(44)24-12-22-34(42)38-30-17-5-2-6-18-30/h7-10,13-14,19-20,29-30H,1-6,11-12,15-18,21-26H2,(H,37,41)(H,38,42)(H,39,43)(H,40,44). The quantitative estimate of drug-likeness (QED) is 0.184. The van der Waals surface area contributed by atoms with Crippen molar-refractivity contribution in [3.05, 3.63) is 59.7 Å². The summed E-state index contributed by atoms with van der Waals surface area (Å²) in [6.45, 7) is 0. The molecule has 4 amide bonds. The molecule has 0 atom stereocenters. The summed E-state index contributed by atoms with van der Waals surface area (Å²) >= 11 is 0. The van der Waals surface area contributed by atoms with Crippen LogP contribution in [0.15, 0.2) is 48.5 Å². The Morgan fingerprint density at radius 1 is 0.500 bits per heavy atom. The van der Waals surface area contributed by atoms with Crippen molar-refractivity contribution in [2.45, 2.75) is 128 Å². The Bertz CT molecular complexity index is 1140. The summed E-state index contributed by atoms with van der Waals surface area (Å²) in [5, 5.41) is 12.3. The van der Waals surface area contributed by atoms with Gasteiger partial charge < -0.3 is 21.3 Å². The third kappa shape index (κ3) is 11.8. The highest BCUT2D eigenvalue weighted by Gasteiger charge is 2.17. The van der Waals surface area contributed by atoms with Gasteiger partial charge in [-0.1, -0.05) is 74.9 Å². The van der Waals surface area contributed by atoms with E-state index in [4.69, 9.17) is 0 Å². The molecule has 8 heteroatoms. The van der Waals surface area contributed by atoms with Crippen molar-refractivity contribution >= 4 is 35.0 Å². The van der Waals surface area contributed by atoms with Gasteiger partial charge in [-0.25, -0.2) is 0 Å². The number of amides is 4. The smallest absolute Gasteiger partial charge is 0.224 e. The Morgan fingerprint density at radius 3 is 1.27 bits per heavy atom. The van der Waals surface area contributed by atoms with E-state index in [0.29, 0.717) is 63.5 Å². The molecule has 2 saturated carbocycles. The number of rotatable bonds is 15. The summed E-state index contributed by atoms with van der Waals surface area (Å²) < 4.78 is 0. The van der Waals surface area contributed by atoms with Gasteiger partial charge in [-0.05, 0) is 74.6 Å². The number of para-hydroxylation sites is 2. The average Bonchev–Trinajstić information content (AvgIpc) is 3.02. The van der Waals surface area contributed by atoms with Gasteiger partial charge in [0.2, 0.25) is 23.6 Å². The summed E-state index contributed by atoms with van der Waals surface area (Å²) in [5.74, 6) is -0.113. The number of nitrogens with one attached hydrogen (secondary N) is 4. The van der Waals surface area contributed by atoms with E-state index in [9.17, 15) is 19.2 Å². The number of anilines is 2. The van der Waals surface area contributed by atoms with Gasteiger partial charge >= 0.3 is 0 Å². The summed E-state index contributed by atoms with van der Waals surface area (Å²) in [4.78, 5) is 50.0. The highest BCUT2D eigenvalue weighted by molar-refractivity contribution is 5.92. The van der Waals surface area contributed by atoms with Gasteiger partial charge in [0, 0.05) is 49.1 Å². The van der Waals surface area contributed by atoms with Crippen LogP contribution < -0.4 is 21.3 Å². The third-order valence-electron chi connectivity index (χ3n) is 8.80. The van der Waals surface area contributed by atoms with Gasteiger partial charge in [0.15, 0.2) is 0 Å². The van der Waals surface area contributed by atoms with E-state index in [1.54, 1.807) is 0 Å². The molecule has 238 valence electrons. The van der Waals surface area contributed by atoms with Crippen LogP contribution >= 0.6 is 0 Å². The van der Waals surface area contributed by atoms with Crippen LogP contribution in [-0.4, -0.2) is 35.7 Å². The number of carbonyl (C=O) groups excluding carboxylic acids is 4. The first-order chi connectivity index (χ1) is 21.5. The molecule has 8 nitrogen and oxygen atoms in total. The molecule has 0 unspecified atom stereocenters. The molecule has 2 aliphatic rings. The predicted molar refractivity (Wildman–Crippen MR) is 175 cm³/mol. The molecule has 2 aromatic rings. The molecule has 0 aromatic heterocycles. The molecule has 2 aliphatic carbocycles. The Hall–Kier alpha value is -3.68. The summed E-state index contributed by atoms with van der Waals surface area (Å²) in [7, 11) is 0. The molecule has 4 N–H and O–H groups in total. The molecule has 0 radical (unpaired) electrons. The molecule has 44 heavy (non-hydrogen) atoms. The Balaban J connectivity index is 1.19. The number of hydrogen-bond donors (Lipinski definition) is 4. The van der Waals surface area contributed by atoms with E-state index in [1.165, 1.54) is 38.5 Å². The zero-order chi connectivity index (χ0) is 31.0. The molecule has 0 spiro atoms. The van der Waals surface area contributed by atoms with Crippen LogP contribution in [0.4, 0.5) is 11.4 Å². The van der Waals surface area contributed by atoms with Gasteiger partial charge in [0.25, 0.3) is 0 Å². The molecular formula is C36H50N4O4. The molecular weight excluding hydrogens is 552 g/mol. The lowest BCUT2D eigenvalue weighted by Gasteiger charge is -2.22. The molecule has 0 bridgehead atoms. The third-order valence-corrected chi connectivity index (χ3v) is 8.80. The maximum atomic E-state index is 12.7. The zero-order valence-corrected chi connectivity index (χ0v) is 26.1. The first-order valence-electron chi connectivity index (χ1n) is 16.8. The summed E-state index contributed by atoms with van der Waals surface area (Å²) in [6.07, 6.45) is 15.2. The SMILES string of the molecule is O=C(CCCC(=O)NC1CCCCC1)Nc1ccccc1CCc1ccccc1NC(=O)CCCC(=O)NC1CCCCC1. The number of aryl methyl sites for hydroxylation is 2. The fraction of sp³-hybridized carbons (Fsp3) is 0.556. The van der Waals surface area contributed by atoms with E-state index >= 15 is 0 Å². The first-order valence-corrected chi connectivity index (χ1v) is 16.8. The van der Waals surface area contributed by atoms with Crippen molar-refractivity contribution in [2.75, 3.05) is 10.6 Å². The second kappa shape index (κ2) is 18.2. The highest BCUT2D eigenvalue weighted by Crippen LogP contribution is 2.23. The Morgan fingerprint density at radius 2 is 0.864 bits per heavy atom. The molecule has 0 aliphatic heterocycles. The predicted octanol–water partition coefficient (Wildman–Crippen LogP) is 6.59. The van der Waals surface area contributed by atoms with E-state index in [2.05, 4.69) is 21.3 Å². The van der Waals surface area contributed by atoms with Crippen LogP contribution in [0.3, 0.4) is 0 Å². The summed E-state index contributed by atoms with van der Waals surface area (Å²) in [6, 6.07) is 16.1. The molecule has 2 fully saturated rings. The lowest BCUT2D eigenvalue weighted by molar-refractivity contribution is -0.123. The Labute approximate surface area is 262 Å². The van der Waals surface area contributed by atoms with Crippen LogP contribution in [0.1, 0.15) is 114 Å². The molecule has 0 saturated heterocycles. The van der Waals surface area contributed by atoms with Crippen LogP contribution in [-0.2, 0) is 32.0 Å². The number of carbonyl (C=O) groups is 4. The maximum Gasteiger partial charge on any atom is 0.224 e.